The Bertz CT molecular complexity index is 764. The topological polar surface area (TPSA) is 38.3 Å². The second-order valence-corrected chi connectivity index (χ2v) is 8.54. The molecule has 0 atom stereocenters. The van der Waals surface area contributed by atoms with Crippen LogP contribution in [0.15, 0.2) is 48.5 Å². The van der Waals surface area contributed by atoms with Crippen molar-refractivity contribution in [3.05, 3.63) is 69.7 Å². The van der Waals surface area contributed by atoms with E-state index in [0.29, 0.717) is 29.8 Å². The van der Waals surface area contributed by atoms with E-state index < -0.39 is 5.41 Å². The fraction of sp³-hybridized carbons (Fsp3) is 0.381. The Kier molecular flexibility index (Phi) is 7.48. The van der Waals surface area contributed by atoms with Gasteiger partial charge in [0.2, 0.25) is 5.91 Å². The molecule has 1 amide bonds. The van der Waals surface area contributed by atoms with Crippen LogP contribution in [0.5, 0.6) is 0 Å². The van der Waals surface area contributed by atoms with Gasteiger partial charge in [-0.2, -0.15) is 11.8 Å². The van der Waals surface area contributed by atoms with E-state index in [0.717, 1.165) is 35.5 Å². The van der Waals surface area contributed by atoms with Crippen molar-refractivity contribution in [1.82, 2.24) is 5.32 Å². The second kappa shape index (κ2) is 9.83. The van der Waals surface area contributed by atoms with Crippen LogP contribution in [0.25, 0.3) is 0 Å². The lowest BCUT2D eigenvalue weighted by Gasteiger charge is -2.36. The van der Waals surface area contributed by atoms with Crippen molar-refractivity contribution in [2.24, 2.45) is 0 Å². The summed E-state index contributed by atoms with van der Waals surface area (Å²) in [6.07, 6.45) is 1.44. The zero-order valence-electron chi connectivity index (χ0n) is 15.0. The van der Waals surface area contributed by atoms with Gasteiger partial charge in [-0.25, -0.2) is 0 Å². The van der Waals surface area contributed by atoms with Gasteiger partial charge in [0.1, 0.15) is 0 Å². The molecule has 2 aromatic carbocycles. The molecule has 27 heavy (non-hydrogen) atoms. The fourth-order valence-electron chi connectivity index (χ4n) is 3.35. The Morgan fingerprint density at radius 2 is 1.81 bits per heavy atom. The highest BCUT2D eigenvalue weighted by Gasteiger charge is 2.41. The van der Waals surface area contributed by atoms with Gasteiger partial charge in [0.05, 0.1) is 15.5 Å². The molecule has 1 aliphatic rings. The number of halogens is 2. The summed E-state index contributed by atoms with van der Waals surface area (Å²) in [5, 5.41) is 4.28. The Morgan fingerprint density at radius 1 is 1.07 bits per heavy atom. The van der Waals surface area contributed by atoms with Crippen molar-refractivity contribution in [1.29, 1.82) is 0 Å². The molecule has 2 aromatic rings. The molecule has 6 heteroatoms. The number of amides is 1. The number of carbonyl (C=O) groups is 1. The van der Waals surface area contributed by atoms with Gasteiger partial charge >= 0.3 is 0 Å². The van der Waals surface area contributed by atoms with Gasteiger partial charge in [0.15, 0.2) is 0 Å². The predicted molar refractivity (Wildman–Crippen MR) is 114 cm³/mol. The van der Waals surface area contributed by atoms with Crippen LogP contribution in [0, 0.1) is 0 Å². The van der Waals surface area contributed by atoms with E-state index >= 15 is 0 Å². The van der Waals surface area contributed by atoms with Gasteiger partial charge in [0, 0.05) is 31.3 Å². The highest BCUT2D eigenvalue weighted by atomic mass is 35.5. The first-order chi connectivity index (χ1) is 13.1. The predicted octanol–water partition coefficient (Wildman–Crippen LogP) is 5.09. The molecule has 1 saturated heterocycles. The van der Waals surface area contributed by atoms with Gasteiger partial charge in [-0.3, -0.25) is 4.79 Å². The number of hydrogen-bond acceptors (Lipinski definition) is 3. The molecule has 0 spiro atoms. The van der Waals surface area contributed by atoms with E-state index in [1.54, 1.807) is 11.8 Å². The van der Waals surface area contributed by atoms with Crippen molar-refractivity contribution < 1.29 is 9.53 Å². The maximum atomic E-state index is 13.0. The van der Waals surface area contributed by atoms with Crippen LogP contribution < -0.4 is 5.32 Å². The van der Waals surface area contributed by atoms with E-state index in [1.165, 1.54) is 0 Å². The first-order valence-corrected chi connectivity index (χ1v) is 11.0. The van der Waals surface area contributed by atoms with Crippen LogP contribution in [0.4, 0.5) is 0 Å². The van der Waals surface area contributed by atoms with E-state index in [9.17, 15) is 4.79 Å². The van der Waals surface area contributed by atoms with Crippen LogP contribution in [-0.2, 0) is 20.7 Å². The lowest BCUT2D eigenvalue weighted by atomic mass is 9.73. The maximum Gasteiger partial charge on any atom is 0.230 e. The first-order valence-electron chi connectivity index (χ1n) is 9.05. The van der Waals surface area contributed by atoms with Gasteiger partial charge in [-0.05, 0) is 36.1 Å². The average molecular weight is 424 g/mol. The van der Waals surface area contributed by atoms with Gasteiger partial charge < -0.3 is 10.1 Å². The quantitative estimate of drug-likeness (QED) is 0.630. The number of thioether (sulfide) groups is 1. The fourth-order valence-corrected chi connectivity index (χ4v) is 4.48. The summed E-state index contributed by atoms with van der Waals surface area (Å²) in [7, 11) is 0. The van der Waals surface area contributed by atoms with Gasteiger partial charge in [-0.1, -0.05) is 59.6 Å². The minimum absolute atomic E-state index is 0.104. The van der Waals surface area contributed by atoms with E-state index in [1.807, 2.05) is 48.5 Å². The number of carbonyl (C=O) groups excluding carboxylic acids is 1. The Labute approximate surface area is 174 Å². The van der Waals surface area contributed by atoms with Crippen LogP contribution in [0.3, 0.4) is 0 Å². The Balaban J connectivity index is 1.52. The molecule has 3 nitrogen and oxygen atoms in total. The molecule has 0 saturated carbocycles. The highest BCUT2D eigenvalue weighted by molar-refractivity contribution is 7.98. The number of ether oxygens (including phenoxy) is 1. The molecule has 0 aromatic heterocycles. The van der Waals surface area contributed by atoms with E-state index in [-0.39, 0.29) is 5.91 Å². The van der Waals surface area contributed by atoms with Crippen LogP contribution >= 0.6 is 35.0 Å². The summed E-state index contributed by atoms with van der Waals surface area (Å²) in [5.74, 6) is 1.78. The molecule has 1 aliphatic heterocycles. The number of hydrogen-bond donors (Lipinski definition) is 1. The standard InChI is InChI=1S/C21H23Cl2NO2S/c22-18-7-6-16(14-19(18)23)15-27-13-10-24-20(25)21(8-11-26-12-9-21)17-4-2-1-3-5-17/h1-7,14H,8-13,15H2,(H,24,25). The van der Waals surface area contributed by atoms with Crippen molar-refractivity contribution >= 4 is 40.9 Å². The zero-order chi connectivity index (χ0) is 19.1. The van der Waals surface area contributed by atoms with E-state index in [4.69, 9.17) is 27.9 Å². The van der Waals surface area contributed by atoms with Crippen molar-refractivity contribution in [2.75, 3.05) is 25.5 Å². The SMILES string of the molecule is O=C(NCCSCc1ccc(Cl)c(Cl)c1)C1(c2ccccc2)CCOCC1. The monoisotopic (exact) mass is 423 g/mol. The minimum Gasteiger partial charge on any atom is -0.381 e. The molecule has 0 aliphatic carbocycles. The van der Waals surface area contributed by atoms with E-state index in [2.05, 4.69) is 5.32 Å². The average Bonchev–Trinajstić information content (AvgIpc) is 2.71. The highest BCUT2D eigenvalue weighted by Crippen LogP contribution is 2.35. The smallest absolute Gasteiger partial charge is 0.230 e. The molecule has 1 heterocycles. The van der Waals surface area contributed by atoms with Crippen molar-refractivity contribution in [3.8, 4) is 0 Å². The van der Waals surface area contributed by atoms with Crippen molar-refractivity contribution in [3.63, 3.8) is 0 Å². The Hall–Kier alpha value is -1.20. The minimum atomic E-state index is -0.478. The lowest BCUT2D eigenvalue weighted by molar-refractivity contribution is -0.130. The van der Waals surface area contributed by atoms with Crippen LogP contribution in [-0.4, -0.2) is 31.4 Å². The molecule has 3 rings (SSSR count). The third kappa shape index (κ3) is 5.20. The number of rotatable bonds is 7. The van der Waals surface area contributed by atoms with Crippen LogP contribution in [0.1, 0.15) is 24.0 Å². The first kappa shape index (κ1) is 20.5. The summed E-state index contributed by atoms with van der Waals surface area (Å²) >= 11 is 13.8. The van der Waals surface area contributed by atoms with Gasteiger partial charge in [0.25, 0.3) is 0 Å². The normalized spacial score (nSPS) is 16.1. The number of benzene rings is 2. The molecule has 1 N–H and O–H groups in total. The Morgan fingerprint density at radius 3 is 2.52 bits per heavy atom. The van der Waals surface area contributed by atoms with Gasteiger partial charge in [-0.15, -0.1) is 0 Å². The third-order valence-electron chi connectivity index (χ3n) is 4.89. The molecule has 144 valence electrons. The molecule has 0 radical (unpaired) electrons. The maximum absolute atomic E-state index is 13.0. The summed E-state index contributed by atoms with van der Waals surface area (Å²) in [5.41, 5.74) is 1.73. The summed E-state index contributed by atoms with van der Waals surface area (Å²) in [4.78, 5) is 13.0. The molecule has 1 fully saturated rings. The summed E-state index contributed by atoms with van der Waals surface area (Å²) < 4.78 is 5.50. The third-order valence-corrected chi connectivity index (χ3v) is 6.66. The largest absolute Gasteiger partial charge is 0.381 e. The number of nitrogens with one attached hydrogen (secondary N) is 1. The van der Waals surface area contributed by atoms with Crippen molar-refractivity contribution in [2.45, 2.75) is 24.0 Å². The molecular formula is C21H23Cl2NO2S. The second-order valence-electron chi connectivity index (χ2n) is 6.62. The zero-order valence-corrected chi connectivity index (χ0v) is 17.4. The lowest BCUT2D eigenvalue weighted by Crippen LogP contribution is -2.48. The van der Waals surface area contributed by atoms with Crippen LogP contribution in [0.2, 0.25) is 10.0 Å². The summed E-state index contributed by atoms with van der Waals surface area (Å²) in [6.45, 7) is 1.88. The summed E-state index contributed by atoms with van der Waals surface area (Å²) in [6, 6.07) is 15.7. The molecule has 0 bridgehead atoms. The molecular weight excluding hydrogens is 401 g/mol. The molecule has 0 unspecified atom stereocenters.